The van der Waals surface area contributed by atoms with Crippen LogP contribution < -0.4 is 19.5 Å². The van der Waals surface area contributed by atoms with Crippen LogP contribution in [-0.4, -0.2) is 12.5 Å². The number of ether oxygens (including phenoxy) is 3. The Hall–Kier alpha value is -3.42. The summed E-state index contributed by atoms with van der Waals surface area (Å²) in [7, 11) is 0. The average molecular weight is 734 g/mol. The van der Waals surface area contributed by atoms with Gasteiger partial charge in [-0.25, -0.2) is 0 Å². The minimum Gasteiger partial charge on any atom is -0.490 e. The van der Waals surface area contributed by atoms with Gasteiger partial charge < -0.3 is 19.5 Å². The first-order valence-corrected chi connectivity index (χ1v) is 14.9. The predicted octanol–water partition coefficient (Wildman–Crippen LogP) is 9.35. The fraction of sp³-hybridized carbons (Fsp3) is 0.125. The van der Waals surface area contributed by atoms with E-state index in [-0.39, 0.29) is 12.2 Å². The van der Waals surface area contributed by atoms with Gasteiger partial charge in [-0.1, -0.05) is 53.0 Å². The van der Waals surface area contributed by atoms with E-state index in [1.54, 1.807) is 60.7 Å². The number of nitriles is 1. The average Bonchev–Trinajstić information content (AvgIpc) is 2.97. The molecule has 0 radical (unpaired) electrons. The Bertz CT molecular complexity index is 1640. The summed E-state index contributed by atoms with van der Waals surface area (Å²) in [6, 6.07) is 25.0. The zero-order valence-corrected chi connectivity index (χ0v) is 26.7. The van der Waals surface area contributed by atoms with Crippen LogP contribution in [0.2, 0.25) is 15.1 Å². The van der Waals surface area contributed by atoms with Crippen molar-refractivity contribution in [2.75, 3.05) is 11.9 Å². The van der Waals surface area contributed by atoms with Crippen LogP contribution in [0, 0.1) is 14.9 Å². The van der Waals surface area contributed by atoms with Gasteiger partial charge in [0.15, 0.2) is 11.5 Å². The highest BCUT2D eigenvalue weighted by Crippen LogP contribution is 2.36. The first-order chi connectivity index (χ1) is 20.2. The second kappa shape index (κ2) is 15.2. The zero-order valence-electron chi connectivity index (χ0n) is 22.3. The first kappa shape index (κ1) is 31.5. The van der Waals surface area contributed by atoms with E-state index in [2.05, 4.69) is 27.9 Å². The van der Waals surface area contributed by atoms with Gasteiger partial charge in [-0.05, 0) is 107 Å². The molecule has 0 saturated carbocycles. The molecule has 1 amide bonds. The molecule has 4 aromatic carbocycles. The van der Waals surface area contributed by atoms with Crippen molar-refractivity contribution in [1.29, 1.82) is 5.26 Å². The molecule has 0 aliphatic carbocycles. The lowest BCUT2D eigenvalue weighted by Crippen LogP contribution is -2.13. The lowest BCUT2D eigenvalue weighted by atomic mass is 10.1. The van der Waals surface area contributed by atoms with Gasteiger partial charge >= 0.3 is 0 Å². The predicted molar refractivity (Wildman–Crippen MR) is 176 cm³/mol. The number of amides is 1. The van der Waals surface area contributed by atoms with Crippen LogP contribution in [0.3, 0.4) is 0 Å². The molecule has 214 valence electrons. The molecule has 0 fully saturated rings. The number of benzene rings is 4. The lowest BCUT2D eigenvalue weighted by molar-refractivity contribution is -0.112. The number of carbonyl (C=O) groups excluding carboxylic acids is 1. The van der Waals surface area contributed by atoms with Crippen molar-refractivity contribution < 1.29 is 19.0 Å². The summed E-state index contributed by atoms with van der Waals surface area (Å²) in [5, 5.41) is 14.2. The van der Waals surface area contributed by atoms with Gasteiger partial charge in [0.1, 0.15) is 30.6 Å². The van der Waals surface area contributed by atoms with Gasteiger partial charge in [-0.2, -0.15) is 5.26 Å². The maximum absolute atomic E-state index is 12.9. The highest BCUT2D eigenvalue weighted by molar-refractivity contribution is 14.1. The third-order valence-electron chi connectivity index (χ3n) is 5.83. The normalized spacial score (nSPS) is 11.0. The minimum absolute atomic E-state index is 0.0687. The second-order valence-corrected chi connectivity index (χ2v) is 11.3. The van der Waals surface area contributed by atoms with Gasteiger partial charge in [0.25, 0.3) is 5.91 Å². The number of anilines is 1. The molecule has 0 heterocycles. The second-order valence-electron chi connectivity index (χ2n) is 8.85. The molecule has 0 unspecified atom stereocenters. The van der Waals surface area contributed by atoms with Crippen molar-refractivity contribution >= 4 is 75.1 Å². The molecule has 10 heteroatoms. The standard InChI is InChI=1S/C32H24Cl3IN2O4/c1-2-40-30-15-21(14-29(36)31(30)42-18-20-3-6-24(33)7-4-20)13-23(17-37)32(39)38-26-9-11-27(12-10-26)41-19-22-5-8-25(34)16-28(22)35/h3-16H,2,18-19H2,1H3,(H,38,39)/b23-13+. The van der Waals surface area contributed by atoms with Gasteiger partial charge in [0, 0.05) is 26.3 Å². The number of nitrogens with zero attached hydrogens (tertiary/aromatic N) is 1. The largest absolute Gasteiger partial charge is 0.490 e. The summed E-state index contributed by atoms with van der Waals surface area (Å²) >= 11 is 20.3. The van der Waals surface area contributed by atoms with Gasteiger partial charge in [-0.3, -0.25) is 4.79 Å². The minimum atomic E-state index is -0.546. The molecule has 0 aromatic heterocycles. The van der Waals surface area contributed by atoms with E-state index in [1.165, 1.54) is 6.08 Å². The van der Waals surface area contributed by atoms with Crippen LogP contribution in [0.25, 0.3) is 6.08 Å². The smallest absolute Gasteiger partial charge is 0.266 e. The van der Waals surface area contributed by atoms with Crippen molar-refractivity contribution in [3.8, 4) is 23.3 Å². The maximum Gasteiger partial charge on any atom is 0.266 e. The third kappa shape index (κ3) is 8.79. The first-order valence-electron chi connectivity index (χ1n) is 12.7. The van der Waals surface area contributed by atoms with Gasteiger partial charge in [0.05, 0.1) is 10.2 Å². The highest BCUT2D eigenvalue weighted by Gasteiger charge is 2.15. The molecule has 42 heavy (non-hydrogen) atoms. The Morgan fingerprint density at radius 2 is 1.62 bits per heavy atom. The van der Waals surface area contributed by atoms with Crippen molar-refractivity contribution in [1.82, 2.24) is 0 Å². The molecule has 0 saturated heterocycles. The Labute approximate surface area is 272 Å². The van der Waals surface area contributed by atoms with Crippen molar-refractivity contribution in [3.05, 3.63) is 120 Å². The van der Waals surface area contributed by atoms with Crippen LogP contribution in [0.15, 0.2) is 84.4 Å². The quantitative estimate of drug-likeness (QED) is 0.0945. The highest BCUT2D eigenvalue weighted by atomic mass is 127. The molecular weight excluding hydrogens is 710 g/mol. The Balaban J connectivity index is 1.43. The van der Waals surface area contributed by atoms with Crippen LogP contribution in [0.4, 0.5) is 5.69 Å². The zero-order chi connectivity index (χ0) is 30.1. The molecular formula is C32H24Cl3IN2O4. The molecule has 0 bridgehead atoms. The van der Waals surface area contributed by atoms with Crippen LogP contribution in [-0.2, 0) is 18.0 Å². The summed E-state index contributed by atoms with van der Waals surface area (Å²) in [5.41, 5.74) is 2.81. The van der Waals surface area contributed by atoms with Gasteiger partial charge in [0.2, 0.25) is 0 Å². The number of hydrogen-bond acceptors (Lipinski definition) is 5. The van der Waals surface area contributed by atoms with Crippen LogP contribution >= 0.6 is 57.4 Å². The summed E-state index contributed by atoms with van der Waals surface area (Å²) in [4.78, 5) is 12.9. The number of rotatable bonds is 11. The number of halogens is 4. The summed E-state index contributed by atoms with van der Waals surface area (Å²) in [5.74, 6) is 1.13. The van der Waals surface area contributed by atoms with E-state index in [1.807, 2.05) is 31.2 Å². The number of hydrogen-bond donors (Lipinski definition) is 1. The van der Waals surface area contributed by atoms with Crippen molar-refractivity contribution in [2.24, 2.45) is 0 Å². The SMILES string of the molecule is CCOc1cc(/C=C(\C#N)C(=O)Nc2ccc(OCc3ccc(Cl)cc3Cl)cc2)cc(I)c1OCc1ccc(Cl)cc1. The van der Waals surface area contributed by atoms with E-state index in [9.17, 15) is 10.1 Å². The number of nitrogens with one attached hydrogen (secondary N) is 1. The number of carbonyl (C=O) groups is 1. The molecule has 4 rings (SSSR count). The monoisotopic (exact) mass is 732 g/mol. The van der Waals surface area contributed by atoms with E-state index < -0.39 is 5.91 Å². The van der Waals surface area contributed by atoms with Crippen molar-refractivity contribution in [2.45, 2.75) is 20.1 Å². The van der Waals surface area contributed by atoms with E-state index in [0.29, 0.717) is 56.8 Å². The van der Waals surface area contributed by atoms with Crippen LogP contribution in [0.1, 0.15) is 23.6 Å². The topological polar surface area (TPSA) is 80.6 Å². The fourth-order valence-electron chi connectivity index (χ4n) is 3.76. The van der Waals surface area contributed by atoms with E-state index in [4.69, 9.17) is 49.0 Å². The Morgan fingerprint density at radius 3 is 2.29 bits per heavy atom. The molecule has 0 spiro atoms. The Morgan fingerprint density at radius 1 is 0.905 bits per heavy atom. The molecule has 0 atom stereocenters. The van der Waals surface area contributed by atoms with Crippen LogP contribution in [0.5, 0.6) is 17.2 Å². The fourth-order valence-corrected chi connectivity index (χ4v) is 5.13. The Kier molecular flexibility index (Phi) is 11.4. The molecule has 6 nitrogen and oxygen atoms in total. The molecule has 4 aromatic rings. The summed E-state index contributed by atoms with van der Waals surface area (Å²) < 4.78 is 18.4. The van der Waals surface area contributed by atoms with Crippen molar-refractivity contribution in [3.63, 3.8) is 0 Å². The third-order valence-corrected chi connectivity index (χ3v) is 7.47. The van der Waals surface area contributed by atoms with E-state index in [0.717, 1.165) is 14.7 Å². The maximum atomic E-state index is 12.9. The van der Waals surface area contributed by atoms with E-state index >= 15 is 0 Å². The molecule has 0 aliphatic heterocycles. The molecule has 1 N–H and O–H groups in total. The lowest BCUT2D eigenvalue weighted by Gasteiger charge is -2.15. The summed E-state index contributed by atoms with van der Waals surface area (Å²) in [6.07, 6.45) is 1.51. The summed E-state index contributed by atoms with van der Waals surface area (Å²) in [6.45, 7) is 2.87. The molecule has 0 aliphatic rings. The van der Waals surface area contributed by atoms with Gasteiger partial charge in [-0.15, -0.1) is 0 Å².